The third kappa shape index (κ3) is 5.77. The van der Waals surface area contributed by atoms with E-state index in [1.54, 1.807) is 6.07 Å². The lowest BCUT2D eigenvalue weighted by Gasteiger charge is -2.42. The smallest absolute Gasteiger partial charge is 0.240 e. The number of hydrogen-bond acceptors (Lipinski definition) is 4. The van der Waals surface area contributed by atoms with Crippen LogP contribution in [0.4, 0.5) is 4.39 Å². The average molecular weight is 406 g/mol. The number of morpholine rings is 1. The second-order valence-corrected chi connectivity index (χ2v) is 8.95. The summed E-state index contributed by atoms with van der Waals surface area (Å²) < 4.78 is 19.9. The van der Waals surface area contributed by atoms with Gasteiger partial charge in [-0.1, -0.05) is 32.0 Å². The molecule has 1 aromatic carbocycles. The first-order chi connectivity index (χ1) is 13.8. The van der Waals surface area contributed by atoms with Crippen molar-refractivity contribution >= 4 is 5.91 Å². The Kier molecular flexibility index (Phi) is 7.66. The highest BCUT2D eigenvalue weighted by molar-refractivity contribution is 5.82. The molecule has 6 heteroatoms. The number of halogens is 1. The first-order valence-electron chi connectivity index (χ1n) is 11.0. The molecule has 29 heavy (non-hydrogen) atoms. The molecule has 5 nitrogen and oxygen atoms in total. The minimum absolute atomic E-state index is 0.109. The standard InChI is InChI=1S/C23H36FN3O2/c1-17(2)22(27-14-18(3)29-19(4)15-27)23(28)26-11-7-10-25(12-13-26)16-20-8-5-6-9-21(20)24/h5-6,8-9,17-19,22H,7,10-16H2,1-4H3/t18-,19+,22-/m1/s1. The Morgan fingerprint density at radius 2 is 1.79 bits per heavy atom. The quantitative estimate of drug-likeness (QED) is 0.755. The highest BCUT2D eigenvalue weighted by Crippen LogP contribution is 2.21. The lowest BCUT2D eigenvalue weighted by molar-refractivity contribution is -0.145. The van der Waals surface area contributed by atoms with Crippen LogP contribution in [-0.4, -0.2) is 78.1 Å². The van der Waals surface area contributed by atoms with Crippen LogP contribution >= 0.6 is 0 Å². The van der Waals surface area contributed by atoms with E-state index in [4.69, 9.17) is 4.74 Å². The maximum Gasteiger partial charge on any atom is 0.240 e. The van der Waals surface area contributed by atoms with Gasteiger partial charge in [-0.3, -0.25) is 14.6 Å². The predicted octanol–water partition coefficient (Wildman–Crippen LogP) is 2.99. The Morgan fingerprint density at radius 1 is 1.10 bits per heavy atom. The lowest BCUT2D eigenvalue weighted by Crippen LogP contribution is -2.58. The van der Waals surface area contributed by atoms with E-state index in [1.807, 2.05) is 17.0 Å². The van der Waals surface area contributed by atoms with Gasteiger partial charge in [-0.2, -0.15) is 0 Å². The number of carbonyl (C=O) groups excluding carboxylic acids is 1. The molecule has 0 aliphatic carbocycles. The van der Waals surface area contributed by atoms with Gasteiger partial charge in [0.05, 0.1) is 18.2 Å². The van der Waals surface area contributed by atoms with Crippen molar-refractivity contribution in [3.8, 4) is 0 Å². The number of carbonyl (C=O) groups is 1. The van der Waals surface area contributed by atoms with Crippen LogP contribution in [0.5, 0.6) is 0 Å². The topological polar surface area (TPSA) is 36.0 Å². The Balaban J connectivity index is 1.63. The fourth-order valence-electron chi connectivity index (χ4n) is 4.71. The van der Waals surface area contributed by atoms with E-state index in [0.717, 1.165) is 44.7 Å². The van der Waals surface area contributed by atoms with Crippen molar-refractivity contribution in [2.75, 3.05) is 39.3 Å². The zero-order valence-electron chi connectivity index (χ0n) is 18.3. The Hall–Kier alpha value is -1.50. The van der Waals surface area contributed by atoms with Crippen LogP contribution in [0.3, 0.4) is 0 Å². The summed E-state index contributed by atoms with van der Waals surface area (Å²) >= 11 is 0. The summed E-state index contributed by atoms with van der Waals surface area (Å²) in [6, 6.07) is 6.85. The normalized spacial score (nSPS) is 25.8. The lowest BCUT2D eigenvalue weighted by atomic mass is 9.99. The Labute approximate surface area is 174 Å². The number of hydrogen-bond donors (Lipinski definition) is 0. The van der Waals surface area contributed by atoms with Gasteiger partial charge >= 0.3 is 0 Å². The molecule has 2 aliphatic rings. The molecule has 2 aliphatic heterocycles. The minimum atomic E-state index is -0.153. The third-order valence-electron chi connectivity index (χ3n) is 5.98. The summed E-state index contributed by atoms with van der Waals surface area (Å²) in [7, 11) is 0. The van der Waals surface area contributed by atoms with Crippen molar-refractivity contribution in [2.45, 2.75) is 58.9 Å². The largest absolute Gasteiger partial charge is 0.373 e. The maximum atomic E-state index is 14.0. The zero-order chi connectivity index (χ0) is 21.0. The fourth-order valence-corrected chi connectivity index (χ4v) is 4.71. The van der Waals surface area contributed by atoms with E-state index < -0.39 is 0 Å². The summed E-state index contributed by atoms with van der Waals surface area (Å²) in [6.07, 6.45) is 1.21. The van der Waals surface area contributed by atoms with E-state index in [9.17, 15) is 9.18 Å². The van der Waals surface area contributed by atoms with Crippen LogP contribution in [0.15, 0.2) is 24.3 Å². The van der Waals surface area contributed by atoms with Crippen LogP contribution in [0.2, 0.25) is 0 Å². The van der Waals surface area contributed by atoms with Crippen molar-refractivity contribution in [1.82, 2.24) is 14.7 Å². The molecule has 0 radical (unpaired) electrons. The average Bonchev–Trinajstić information content (AvgIpc) is 2.88. The van der Waals surface area contributed by atoms with Gasteiger partial charge in [0, 0.05) is 51.4 Å². The van der Waals surface area contributed by atoms with E-state index in [1.165, 1.54) is 6.07 Å². The second-order valence-electron chi connectivity index (χ2n) is 8.95. The summed E-state index contributed by atoms with van der Waals surface area (Å²) in [5.74, 6) is 0.326. The molecular formula is C23H36FN3O2. The highest BCUT2D eigenvalue weighted by atomic mass is 19.1. The van der Waals surface area contributed by atoms with Crippen LogP contribution < -0.4 is 0 Å². The SMILES string of the molecule is CC(C)[C@H](C(=O)N1CCCN(Cc2ccccc2F)CC1)N1C[C@@H](C)O[C@@H](C)C1. The molecule has 2 saturated heterocycles. The van der Waals surface area contributed by atoms with Crippen LogP contribution in [0.1, 0.15) is 39.7 Å². The number of ether oxygens (including phenoxy) is 1. The molecule has 3 atom stereocenters. The molecule has 0 N–H and O–H groups in total. The minimum Gasteiger partial charge on any atom is -0.373 e. The summed E-state index contributed by atoms with van der Waals surface area (Å²) in [6.45, 7) is 13.8. The molecule has 0 aromatic heterocycles. The van der Waals surface area contributed by atoms with E-state index in [2.05, 4.69) is 37.5 Å². The van der Waals surface area contributed by atoms with Crippen LogP contribution in [0, 0.1) is 11.7 Å². The van der Waals surface area contributed by atoms with Crippen molar-refractivity contribution < 1.29 is 13.9 Å². The van der Waals surface area contributed by atoms with Gasteiger partial charge in [0.2, 0.25) is 5.91 Å². The summed E-state index contributed by atoms with van der Waals surface area (Å²) in [5.41, 5.74) is 0.726. The van der Waals surface area contributed by atoms with Gasteiger partial charge < -0.3 is 9.64 Å². The molecule has 2 fully saturated rings. The van der Waals surface area contributed by atoms with Gasteiger partial charge in [0.15, 0.2) is 0 Å². The maximum absolute atomic E-state index is 14.0. The van der Waals surface area contributed by atoms with Gasteiger partial charge in [-0.05, 0) is 32.3 Å². The molecule has 2 heterocycles. The van der Waals surface area contributed by atoms with Crippen molar-refractivity contribution in [2.24, 2.45) is 5.92 Å². The van der Waals surface area contributed by atoms with Crippen LogP contribution in [-0.2, 0) is 16.1 Å². The predicted molar refractivity (Wildman–Crippen MR) is 113 cm³/mol. The molecule has 1 amide bonds. The number of rotatable bonds is 5. The van der Waals surface area contributed by atoms with Gasteiger partial charge in [0.1, 0.15) is 5.82 Å². The Morgan fingerprint density at radius 3 is 2.45 bits per heavy atom. The molecule has 162 valence electrons. The van der Waals surface area contributed by atoms with Gasteiger partial charge in [0.25, 0.3) is 0 Å². The first-order valence-corrected chi connectivity index (χ1v) is 11.0. The number of amides is 1. The molecule has 1 aromatic rings. The third-order valence-corrected chi connectivity index (χ3v) is 5.98. The summed E-state index contributed by atoms with van der Waals surface area (Å²) in [4.78, 5) is 20.1. The highest BCUT2D eigenvalue weighted by Gasteiger charge is 2.36. The fraction of sp³-hybridized carbons (Fsp3) is 0.696. The van der Waals surface area contributed by atoms with Gasteiger partial charge in [-0.15, -0.1) is 0 Å². The van der Waals surface area contributed by atoms with Crippen LogP contribution in [0.25, 0.3) is 0 Å². The number of benzene rings is 1. The van der Waals surface area contributed by atoms with E-state index in [0.29, 0.717) is 13.1 Å². The van der Waals surface area contributed by atoms with Crippen molar-refractivity contribution in [3.63, 3.8) is 0 Å². The van der Waals surface area contributed by atoms with Gasteiger partial charge in [-0.25, -0.2) is 4.39 Å². The number of nitrogens with zero attached hydrogens (tertiary/aromatic N) is 3. The van der Waals surface area contributed by atoms with E-state index >= 15 is 0 Å². The second kappa shape index (κ2) is 10.0. The van der Waals surface area contributed by atoms with E-state index in [-0.39, 0.29) is 35.9 Å². The molecule has 3 rings (SSSR count). The molecule has 0 bridgehead atoms. The van der Waals surface area contributed by atoms with Crippen molar-refractivity contribution in [3.05, 3.63) is 35.6 Å². The molecule has 0 saturated carbocycles. The van der Waals surface area contributed by atoms with Crippen molar-refractivity contribution in [1.29, 1.82) is 0 Å². The zero-order valence-corrected chi connectivity index (χ0v) is 18.3. The Bertz CT molecular complexity index is 674. The molecular weight excluding hydrogens is 369 g/mol. The molecule has 0 unspecified atom stereocenters. The monoisotopic (exact) mass is 405 g/mol. The molecule has 0 spiro atoms. The first kappa shape index (κ1) is 22.2. The summed E-state index contributed by atoms with van der Waals surface area (Å²) in [5, 5.41) is 0.